The number of benzene rings is 3. The first-order valence-electron chi connectivity index (χ1n) is 9.73. The number of rotatable bonds is 5. The third kappa shape index (κ3) is 4.15. The predicted molar refractivity (Wildman–Crippen MR) is 118 cm³/mol. The molecule has 0 saturated carbocycles. The number of hydrogen-bond acceptors (Lipinski definition) is 6. The van der Waals surface area contributed by atoms with Crippen LogP contribution < -0.4 is 14.4 Å². The van der Waals surface area contributed by atoms with Crippen molar-refractivity contribution >= 4 is 33.3 Å². The van der Waals surface area contributed by atoms with Gasteiger partial charge in [-0.3, -0.25) is 9.10 Å². The molecule has 0 unspecified atom stereocenters. The lowest BCUT2D eigenvalue weighted by molar-refractivity contribution is -0.122. The number of carbonyl (C=O) groups is 2. The third-order valence-electron chi connectivity index (χ3n) is 4.93. The van der Waals surface area contributed by atoms with Crippen molar-refractivity contribution in [3.05, 3.63) is 84.4 Å². The smallest absolute Gasteiger partial charge is 0.337 e. The summed E-state index contributed by atoms with van der Waals surface area (Å²) < 4.78 is 38.3. The van der Waals surface area contributed by atoms with E-state index in [4.69, 9.17) is 4.74 Å². The summed E-state index contributed by atoms with van der Waals surface area (Å²) in [6, 6.07) is 20.8. The van der Waals surface area contributed by atoms with Crippen LogP contribution in [0.15, 0.2) is 83.8 Å². The van der Waals surface area contributed by atoms with Crippen molar-refractivity contribution in [3.8, 4) is 5.75 Å². The molecule has 4 rings (SSSR count). The molecular formula is C23H20N2O6S. The average molecular weight is 452 g/mol. The van der Waals surface area contributed by atoms with Crippen LogP contribution in [0, 0.1) is 0 Å². The van der Waals surface area contributed by atoms with Crippen molar-refractivity contribution in [2.75, 3.05) is 23.3 Å². The van der Waals surface area contributed by atoms with Crippen LogP contribution in [-0.2, 0) is 19.6 Å². The Labute approximate surface area is 185 Å². The van der Waals surface area contributed by atoms with Crippen molar-refractivity contribution in [1.82, 2.24) is 0 Å². The van der Waals surface area contributed by atoms with Gasteiger partial charge in [0.05, 0.1) is 29.8 Å². The van der Waals surface area contributed by atoms with E-state index in [1.165, 1.54) is 35.7 Å². The SMILES string of the molecule is COC(=O)c1ccc(NC(=O)[C@H]2CN(S(=O)(=O)c3ccccc3)c3ccccc3O2)cc1. The van der Waals surface area contributed by atoms with E-state index in [9.17, 15) is 18.0 Å². The molecule has 0 fully saturated rings. The van der Waals surface area contributed by atoms with Crippen molar-refractivity contribution in [1.29, 1.82) is 0 Å². The third-order valence-corrected chi connectivity index (χ3v) is 6.73. The highest BCUT2D eigenvalue weighted by molar-refractivity contribution is 7.92. The van der Waals surface area contributed by atoms with Gasteiger partial charge in [0, 0.05) is 5.69 Å². The average Bonchev–Trinajstić information content (AvgIpc) is 2.83. The van der Waals surface area contributed by atoms with Gasteiger partial charge in [-0.15, -0.1) is 0 Å². The van der Waals surface area contributed by atoms with E-state index in [0.717, 1.165) is 0 Å². The molecule has 32 heavy (non-hydrogen) atoms. The Morgan fingerprint density at radius 3 is 2.31 bits per heavy atom. The maximum Gasteiger partial charge on any atom is 0.337 e. The van der Waals surface area contributed by atoms with Crippen LogP contribution in [0.1, 0.15) is 10.4 Å². The molecular weight excluding hydrogens is 432 g/mol. The lowest BCUT2D eigenvalue weighted by atomic mass is 10.2. The molecule has 0 saturated heterocycles. The summed E-state index contributed by atoms with van der Waals surface area (Å²) in [4.78, 5) is 24.6. The Morgan fingerprint density at radius 1 is 0.969 bits per heavy atom. The van der Waals surface area contributed by atoms with E-state index in [-0.39, 0.29) is 11.4 Å². The fourth-order valence-electron chi connectivity index (χ4n) is 3.32. The summed E-state index contributed by atoms with van der Waals surface area (Å²) in [6.07, 6.45) is -1.08. The topological polar surface area (TPSA) is 102 Å². The number of amides is 1. The van der Waals surface area contributed by atoms with E-state index in [1.54, 1.807) is 54.6 Å². The van der Waals surface area contributed by atoms with E-state index in [1.807, 2.05) is 0 Å². The number of para-hydroxylation sites is 2. The Bertz CT molecular complexity index is 1240. The van der Waals surface area contributed by atoms with Gasteiger partial charge in [-0.2, -0.15) is 0 Å². The van der Waals surface area contributed by atoms with Gasteiger partial charge in [-0.25, -0.2) is 13.2 Å². The van der Waals surface area contributed by atoms with Gasteiger partial charge in [0.15, 0.2) is 6.10 Å². The molecule has 1 aliphatic heterocycles. The number of methoxy groups -OCH3 is 1. The number of sulfonamides is 1. The highest BCUT2D eigenvalue weighted by atomic mass is 32.2. The van der Waals surface area contributed by atoms with Gasteiger partial charge in [0.2, 0.25) is 0 Å². The number of nitrogens with one attached hydrogen (secondary N) is 1. The van der Waals surface area contributed by atoms with Crippen molar-refractivity contribution in [3.63, 3.8) is 0 Å². The normalized spacial score (nSPS) is 15.3. The molecule has 3 aromatic carbocycles. The summed E-state index contributed by atoms with van der Waals surface area (Å²) in [6.45, 7) is -0.194. The number of anilines is 2. The first-order valence-corrected chi connectivity index (χ1v) is 11.2. The minimum Gasteiger partial charge on any atom is -0.476 e. The summed E-state index contributed by atoms with van der Waals surface area (Å²) in [5.74, 6) is -0.713. The second-order valence-electron chi connectivity index (χ2n) is 6.98. The minimum atomic E-state index is -3.91. The van der Waals surface area contributed by atoms with E-state index < -0.39 is 28.0 Å². The zero-order valence-electron chi connectivity index (χ0n) is 17.1. The maximum atomic E-state index is 13.3. The lowest BCUT2D eigenvalue weighted by Crippen LogP contribution is -2.48. The fourth-order valence-corrected chi connectivity index (χ4v) is 4.81. The summed E-state index contributed by atoms with van der Waals surface area (Å²) in [5, 5.41) is 2.70. The Hall–Kier alpha value is -3.85. The number of hydrogen-bond donors (Lipinski definition) is 1. The maximum absolute atomic E-state index is 13.3. The van der Waals surface area contributed by atoms with Gasteiger partial charge in [-0.1, -0.05) is 30.3 Å². The van der Waals surface area contributed by atoms with Crippen LogP contribution >= 0.6 is 0 Å². The number of ether oxygens (including phenoxy) is 2. The minimum absolute atomic E-state index is 0.120. The molecule has 0 bridgehead atoms. The molecule has 1 N–H and O–H groups in total. The van der Waals surface area contributed by atoms with Crippen LogP contribution in [-0.4, -0.2) is 40.1 Å². The van der Waals surface area contributed by atoms with Gasteiger partial charge in [-0.05, 0) is 48.5 Å². The largest absolute Gasteiger partial charge is 0.476 e. The molecule has 164 valence electrons. The van der Waals surface area contributed by atoms with E-state index in [2.05, 4.69) is 10.1 Å². The number of nitrogens with zero attached hydrogens (tertiary/aromatic N) is 1. The second kappa shape index (κ2) is 8.72. The molecule has 3 aromatic rings. The predicted octanol–water partition coefficient (Wildman–Crippen LogP) is 3.07. The lowest BCUT2D eigenvalue weighted by Gasteiger charge is -2.34. The highest BCUT2D eigenvalue weighted by Gasteiger charge is 2.37. The van der Waals surface area contributed by atoms with Crippen molar-refractivity contribution in [2.24, 2.45) is 0 Å². The molecule has 1 amide bonds. The summed E-state index contributed by atoms with van der Waals surface area (Å²) in [7, 11) is -2.63. The quantitative estimate of drug-likeness (QED) is 0.597. The van der Waals surface area contributed by atoms with Gasteiger partial charge >= 0.3 is 5.97 Å². The van der Waals surface area contributed by atoms with Gasteiger partial charge in [0.25, 0.3) is 15.9 Å². The molecule has 0 aromatic heterocycles. The van der Waals surface area contributed by atoms with Crippen LogP contribution in [0.5, 0.6) is 5.75 Å². The first-order chi connectivity index (χ1) is 15.4. The molecule has 0 aliphatic carbocycles. The molecule has 0 radical (unpaired) electrons. The van der Waals surface area contributed by atoms with Gasteiger partial charge in [0.1, 0.15) is 5.75 Å². The van der Waals surface area contributed by atoms with Crippen molar-refractivity contribution in [2.45, 2.75) is 11.0 Å². The van der Waals surface area contributed by atoms with Crippen LogP contribution in [0.2, 0.25) is 0 Å². The van der Waals surface area contributed by atoms with Crippen LogP contribution in [0.3, 0.4) is 0 Å². The van der Waals surface area contributed by atoms with Crippen molar-refractivity contribution < 1.29 is 27.5 Å². The molecule has 1 atom stereocenters. The first kappa shape index (κ1) is 21.4. The number of esters is 1. The standard InChI is InChI=1S/C23H20N2O6S/c1-30-23(27)16-11-13-17(14-12-16)24-22(26)21-15-25(19-9-5-6-10-20(19)31-21)32(28,29)18-7-3-2-4-8-18/h2-14,21H,15H2,1H3,(H,24,26)/t21-/m1/s1. The van der Waals surface area contributed by atoms with E-state index >= 15 is 0 Å². The second-order valence-corrected chi connectivity index (χ2v) is 8.84. The van der Waals surface area contributed by atoms with Crippen LogP contribution in [0.4, 0.5) is 11.4 Å². The van der Waals surface area contributed by atoms with Crippen LogP contribution in [0.25, 0.3) is 0 Å². The molecule has 1 aliphatic rings. The Kier molecular flexibility index (Phi) is 5.83. The highest BCUT2D eigenvalue weighted by Crippen LogP contribution is 2.36. The summed E-state index contributed by atoms with van der Waals surface area (Å²) in [5.41, 5.74) is 1.14. The zero-order chi connectivity index (χ0) is 22.7. The zero-order valence-corrected chi connectivity index (χ0v) is 17.9. The Morgan fingerprint density at radius 2 is 1.62 bits per heavy atom. The fraction of sp³-hybridized carbons (Fsp3) is 0.130. The van der Waals surface area contributed by atoms with E-state index in [0.29, 0.717) is 22.7 Å². The molecule has 9 heteroatoms. The number of carbonyl (C=O) groups excluding carboxylic acids is 2. The Balaban J connectivity index is 1.59. The summed E-state index contributed by atoms with van der Waals surface area (Å²) >= 11 is 0. The van der Waals surface area contributed by atoms with Gasteiger partial charge < -0.3 is 14.8 Å². The molecule has 0 spiro atoms. The number of fused-ring (bicyclic) bond motifs is 1. The molecule has 1 heterocycles. The monoisotopic (exact) mass is 452 g/mol. The molecule has 8 nitrogen and oxygen atoms in total.